The van der Waals surface area contributed by atoms with Crippen LogP contribution in [0, 0.1) is 0 Å². The number of hydrogen-bond donors (Lipinski definition) is 4. The van der Waals surface area contributed by atoms with E-state index in [0.29, 0.717) is 23.3 Å². The Bertz CT molecular complexity index is 1560. The van der Waals surface area contributed by atoms with E-state index in [4.69, 9.17) is 9.15 Å². The van der Waals surface area contributed by atoms with E-state index < -0.39 is 22.5 Å². The smallest absolute Gasteiger partial charge is 0.200 e. The molecule has 0 amide bonds. The maximum absolute atomic E-state index is 14.0. The molecule has 0 saturated heterocycles. The molecule has 4 rings (SSSR count). The van der Waals surface area contributed by atoms with Gasteiger partial charge in [0.1, 0.15) is 39.6 Å². The Balaban J connectivity index is 2.19. The van der Waals surface area contributed by atoms with Crippen molar-refractivity contribution in [3.8, 4) is 40.1 Å². The molecule has 0 fully saturated rings. The van der Waals surface area contributed by atoms with Crippen molar-refractivity contribution in [3.63, 3.8) is 0 Å². The number of fused-ring (bicyclic) bond motifs is 2. The van der Waals surface area contributed by atoms with Crippen molar-refractivity contribution in [2.75, 3.05) is 0 Å². The lowest BCUT2D eigenvalue weighted by atomic mass is 9.92. The van der Waals surface area contributed by atoms with Gasteiger partial charge in [-0.05, 0) is 72.6 Å². The highest BCUT2D eigenvalue weighted by Crippen LogP contribution is 2.47. The van der Waals surface area contributed by atoms with Crippen molar-refractivity contribution in [2.45, 2.75) is 60.0 Å². The molecule has 0 aliphatic carbocycles. The summed E-state index contributed by atoms with van der Waals surface area (Å²) < 4.78 is 12.6. The summed E-state index contributed by atoms with van der Waals surface area (Å²) >= 11 is 0. The lowest BCUT2D eigenvalue weighted by molar-refractivity contribution is 0.157. The summed E-state index contributed by atoms with van der Waals surface area (Å²) in [5.41, 5.74) is 2.24. The summed E-state index contributed by atoms with van der Waals surface area (Å²) in [6.07, 6.45) is 7.92. The Morgan fingerprint density at radius 1 is 0.892 bits per heavy atom. The van der Waals surface area contributed by atoms with Crippen molar-refractivity contribution < 1.29 is 29.6 Å². The van der Waals surface area contributed by atoms with Gasteiger partial charge in [0.2, 0.25) is 5.43 Å². The molecule has 3 aromatic rings. The summed E-state index contributed by atoms with van der Waals surface area (Å²) in [5.74, 6) is -1.14. The summed E-state index contributed by atoms with van der Waals surface area (Å²) in [7, 11) is 0. The fourth-order valence-corrected chi connectivity index (χ4v) is 4.31. The van der Waals surface area contributed by atoms with Crippen LogP contribution in [0.5, 0.6) is 28.7 Å². The Kier molecular flexibility index (Phi) is 6.59. The molecule has 7 heteroatoms. The molecule has 0 radical (unpaired) electrons. The quantitative estimate of drug-likeness (QED) is 0.178. The Morgan fingerprint density at radius 3 is 2.11 bits per heavy atom. The topological polar surface area (TPSA) is 120 Å². The third-order valence-electron chi connectivity index (χ3n) is 6.27. The average molecular weight is 505 g/mol. The lowest BCUT2D eigenvalue weighted by Crippen LogP contribution is -2.28. The van der Waals surface area contributed by atoms with E-state index in [1.54, 1.807) is 6.08 Å². The van der Waals surface area contributed by atoms with Crippen molar-refractivity contribution in [3.05, 3.63) is 68.4 Å². The molecule has 1 aromatic heterocycles. The molecule has 2 aromatic carbocycles. The van der Waals surface area contributed by atoms with E-state index in [-0.39, 0.29) is 45.8 Å². The maximum Gasteiger partial charge on any atom is 0.200 e. The third-order valence-corrected chi connectivity index (χ3v) is 6.27. The van der Waals surface area contributed by atoms with Crippen LogP contribution in [-0.2, 0) is 12.8 Å². The van der Waals surface area contributed by atoms with E-state index in [0.717, 1.165) is 23.3 Å². The van der Waals surface area contributed by atoms with Gasteiger partial charge in [0, 0.05) is 17.2 Å². The van der Waals surface area contributed by atoms with Gasteiger partial charge in [-0.15, -0.1) is 0 Å². The molecular formula is C30H32O7. The Labute approximate surface area is 215 Å². The van der Waals surface area contributed by atoms with Gasteiger partial charge in [0.25, 0.3) is 0 Å². The van der Waals surface area contributed by atoms with Crippen LogP contribution >= 0.6 is 0 Å². The molecule has 0 saturated carbocycles. The number of aromatic hydroxyl groups is 4. The summed E-state index contributed by atoms with van der Waals surface area (Å²) in [6.45, 7) is 11.5. The number of allylic oxidation sites excluding steroid dienone is 4. The van der Waals surface area contributed by atoms with Crippen molar-refractivity contribution in [1.29, 1.82) is 0 Å². The molecule has 0 bridgehead atoms. The first-order chi connectivity index (χ1) is 17.3. The molecule has 1 aliphatic heterocycles. The lowest BCUT2D eigenvalue weighted by Gasteiger charge is -2.30. The second kappa shape index (κ2) is 9.39. The average Bonchev–Trinajstić information content (AvgIpc) is 2.79. The third kappa shape index (κ3) is 4.81. The molecular weight excluding hydrogens is 472 g/mol. The van der Waals surface area contributed by atoms with Crippen LogP contribution in [0.2, 0.25) is 0 Å². The van der Waals surface area contributed by atoms with Gasteiger partial charge in [0.05, 0.1) is 11.1 Å². The molecule has 7 nitrogen and oxygen atoms in total. The van der Waals surface area contributed by atoms with Crippen LogP contribution in [0.4, 0.5) is 0 Å². The first kappa shape index (κ1) is 25.9. The summed E-state index contributed by atoms with van der Waals surface area (Å²) in [5, 5.41) is 42.0. The minimum Gasteiger partial charge on any atom is -0.507 e. The zero-order valence-corrected chi connectivity index (χ0v) is 21.9. The molecule has 37 heavy (non-hydrogen) atoms. The van der Waals surface area contributed by atoms with Crippen LogP contribution in [0.15, 0.2) is 50.7 Å². The molecule has 4 N–H and O–H groups in total. The van der Waals surface area contributed by atoms with Gasteiger partial charge in [-0.2, -0.15) is 0 Å². The van der Waals surface area contributed by atoms with Crippen molar-refractivity contribution >= 4 is 17.0 Å². The van der Waals surface area contributed by atoms with Gasteiger partial charge < -0.3 is 29.6 Å². The fraction of sp³-hybridized carbons (Fsp3) is 0.300. The highest BCUT2D eigenvalue weighted by molar-refractivity contribution is 5.95. The summed E-state index contributed by atoms with van der Waals surface area (Å²) in [6, 6.07) is 2.14. The number of ether oxygens (including phenoxy) is 1. The first-order valence-corrected chi connectivity index (χ1v) is 12.1. The van der Waals surface area contributed by atoms with Crippen molar-refractivity contribution in [2.24, 2.45) is 0 Å². The number of rotatable bonds is 5. The van der Waals surface area contributed by atoms with Crippen molar-refractivity contribution in [1.82, 2.24) is 0 Å². The van der Waals surface area contributed by atoms with E-state index in [9.17, 15) is 25.2 Å². The van der Waals surface area contributed by atoms with Crippen LogP contribution in [0.3, 0.4) is 0 Å². The number of phenolic OH excluding ortho intramolecular Hbond substituents is 4. The summed E-state index contributed by atoms with van der Waals surface area (Å²) in [4.78, 5) is 14.0. The van der Waals surface area contributed by atoms with Gasteiger partial charge in [-0.1, -0.05) is 23.3 Å². The Hall–Kier alpha value is -4.13. The minimum absolute atomic E-state index is 0.0206. The second-order valence-corrected chi connectivity index (χ2v) is 10.4. The van der Waals surface area contributed by atoms with Crippen LogP contribution < -0.4 is 10.2 Å². The zero-order valence-electron chi connectivity index (χ0n) is 21.9. The predicted molar refractivity (Wildman–Crippen MR) is 145 cm³/mol. The molecule has 1 aliphatic rings. The van der Waals surface area contributed by atoms with E-state index in [1.165, 1.54) is 0 Å². The number of benzene rings is 2. The largest absolute Gasteiger partial charge is 0.507 e. The zero-order chi connectivity index (χ0) is 27.2. The second-order valence-electron chi connectivity index (χ2n) is 10.4. The number of hydrogen-bond acceptors (Lipinski definition) is 7. The van der Waals surface area contributed by atoms with E-state index in [2.05, 4.69) is 0 Å². The molecule has 0 spiro atoms. The minimum atomic E-state index is -0.652. The molecule has 194 valence electrons. The highest BCUT2D eigenvalue weighted by atomic mass is 16.5. The highest BCUT2D eigenvalue weighted by Gasteiger charge is 2.31. The van der Waals surface area contributed by atoms with E-state index in [1.807, 2.05) is 59.8 Å². The van der Waals surface area contributed by atoms with Crippen LogP contribution in [0.1, 0.15) is 58.2 Å². The standard InChI is InChI=1S/C30H32O7/c1-15(2)7-9-17-25(34)24-26(35)18-11-12-30(5,6)37-28(18)19(10-8-16(3)4)29(24)36-27(17)20-13-22(32)23(33)14-21(20)31/h7-8,11-14,31-33,35H,9-10H2,1-6H3. The molecule has 0 unspecified atom stereocenters. The van der Waals surface area contributed by atoms with Gasteiger partial charge >= 0.3 is 0 Å². The van der Waals surface area contributed by atoms with Gasteiger partial charge in [-0.3, -0.25) is 4.79 Å². The van der Waals surface area contributed by atoms with Gasteiger partial charge in [-0.25, -0.2) is 0 Å². The molecule has 0 atom stereocenters. The predicted octanol–water partition coefficient (Wildman–Crippen LogP) is 6.48. The normalized spacial score (nSPS) is 13.7. The van der Waals surface area contributed by atoms with Crippen LogP contribution in [-0.4, -0.2) is 26.0 Å². The fourth-order valence-electron chi connectivity index (χ4n) is 4.31. The van der Waals surface area contributed by atoms with E-state index >= 15 is 0 Å². The SMILES string of the molecule is CC(C)=CCc1c(-c2cc(O)c(O)cc2O)oc2c(CC=C(C)C)c3c(c(O)c2c1=O)C=CC(C)(C)O3. The Morgan fingerprint density at radius 2 is 1.49 bits per heavy atom. The number of phenols is 4. The molecule has 2 heterocycles. The van der Waals surface area contributed by atoms with Gasteiger partial charge in [0.15, 0.2) is 11.5 Å². The maximum atomic E-state index is 14.0. The monoisotopic (exact) mass is 504 g/mol. The van der Waals surface area contributed by atoms with Crippen LogP contribution in [0.25, 0.3) is 28.4 Å². The first-order valence-electron chi connectivity index (χ1n) is 12.1.